The lowest BCUT2D eigenvalue weighted by atomic mass is 9.99. The minimum absolute atomic E-state index is 0.173. The minimum Gasteiger partial charge on any atom is -0.370 e. The van der Waals surface area contributed by atoms with Crippen LogP contribution in [-0.4, -0.2) is 44.1 Å². The highest BCUT2D eigenvalue weighted by Gasteiger charge is 2.63. The number of Topliss-reactive ketones (excluding diaryl/α,β-unsaturated/α-hetero) is 1. The van der Waals surface area contributed by atoms with Crippen molar-refractivity contribution in [2.45, 2.75) is 65.5 Å². The van der Waals surface area contributed by atoms with E-state index in [1.807, 2.05) is 32.6 Å². The van der Waals surface area contributed by atoms with E-state index < -0.39 is 23.4 Å². The molecule has 0 spiro atoms. The topological polar surface area (TPSA) is 23.6 Å². The number of carbonyl (C=O) groups excluding carboxylic acids is 1. The van der Waals surface area contributed by atoms with Gasteiger partial charge >= 0.3 is 12.1 Å². The summed E-state index contributed by atoms with van der Waals surface area (Å²) in [7, 11) is 0. The van der Waals surface area contributed by atoms with E-state index in [1.165, 1.54) is 6.07 Å². The van der Waals surface area contributed by atoms with Gasteiger partial charge in [0.05, 0.1) is 11.4 Å². The van der Waals surface area contributed by atoms with Crippen LogP contribution >= 0.6 is 0 Å². The number of rotatable bonds is 12. The van der Waals surface area contributed by atoms with Gasteiger partial charge in [-0.05, 0) is 37.8 Å². The fourth-order valence-corrected chi connectivity index (χ4v) is 3.37. The van der Waals surface area contributed by atoms with E-state index in [0.29, 0.717) is 44.7 Å². The maximum atomic E-state index is 13.9. The van der Waals surface area contributed by atoms with E-state index in [-0.39, 0.29) is 5.69 Å². The summed E-state index contributed by atoms with van der Waals surface area (Å²) in [5.41, 5.74) is 0.121. The van der Waals surface area contributed by atoms with Crippen molar-refractivity contribution in [3.63, 3.8) is 0 Å². The Hall–Kier alpha value is -1.86. The second kappa shape index (κ2) is 10.8. The molecule has 0 atom stereocenters. The second-order valence-corrected chi connectivity index (χ2v) is 7.05. The zero-order valence-electron chi connectivity index (χ0n) is 17.6. The van der Waals surface area contributed by atoms with Crippen LogP contribution in [0.15, 0.2) is 18.2 Å². The molecule has 0 unspecified atom stereocenters. The van der Waals surface area contributed by atoms with Gasteiger partial charge in [-0.2, -0.15) is 22.0 Å². The zero-order valence-corrected chi connectivity index (χ0v) is 17.6. The van der Waals surface area contributed by atoms with Crippen LogP contribution in [0.3, 0.4) is 0 Å². The molecule has 0 aliphatic heterocycles. The molecule has 0 saturated carbocycles. The Kier molecular flexibility index (Phi) is 9.36. The number of hydrogen-bond acceptors (Lipinski definition) is 3. The lowest BCUT2D eigenvalue weighted by molar-refractivity contribution is -0.255. The summed E-state index contributed by atoms with van der Waals surface area (Å²) in [6.07, 6.45) is -3.06. The molecule has 166 valence electrons. The highest BCUT2D eigenvalue weighted by Crippen LogP contribution is 2.42. The van der Waals surface area contributed by atoms with Crippen LogP contribution < -0.4 is 9.80 Å². The molecule has 3 nitrogen and oxygen atoms in total. The van der Waals surface area contributed by atoms with Crippen LogP contribution in [0.2, 0.25) is 0 Å². The number of hydrogen-bond donors (Lipinski definition) is 0. The number of anilines is 2. The van der Waals surface area contributed by atoms with Gasteiger partial charge in [-0.15, -0.1) is 0 Å². The first-order valence-electron chi connectivity index (χ1n) is 10.2. The van der Waals surface area contributed by atoms with Gasteiger partial charge in [0.25, 0.3) is 0 Å². The molecule has 0 amide bonds. The van der Waals surface area contributed by atoms with Gasteiger partial charge in [0.1, 0.15) is 0 Å². The summed E-state index contributed by atoms with van der Waals surface area (Å²) in [6, 6.07) is 4.16. The first kappa shape index (κ1) is 25.2. The second-order valence-electron chi connectivity index (χ2n) is 7.05. The van der Waals surface area contributed by atoms with Crippen molar-refractivity contribution >= 4 is 17.2 Å². The van der Waals surface area contributed by atoms with Crippen LogP contribution in [0.4, 0.5) is 33.3 Å². The van der Waals surface area contributed by atoms with Crippen LogP contribution in [0.25, 0.3) is 0 Å². The number of alkyl halides is 5. The van der Waals surface area contributed by atoms with Gasteiger partial charge in [0.2, 0.25) is 5.78 Å². The van der Waals surface area contributed by atoms with E-state index in [2.05, 4.69) is 0 Å². The Balaban J connectivity index is 3.71. The maximum Gasteiger partial charge on any atom is 0.461 e. The molecule has 0 aliphatic rings. The molecule has 0 heterocycles. The van der Waals surface area contributed by atoms with Gasteiger partial charge in [-0.1, -0.05) is 33.8 Å². The lowest BCUT2D eigenvalue weighted by Gasteiger charge is -2.34. The highest BCUT2D eigenvalue weighted by molar-refractivity contribution is 6.08. The molecule has 0 fully saturated rings. The molecule has 0 bridgehead atoms. The van der Waals surface area contributed by atoms with Crippen LogP contribution in [0, 0.1) is 0 Å². The van der Waals surface area contributed by atoms with Crippen LogP contribution in [0.5, 0.6) is 0 Å². The number of ketones is 1. The molecule has 0 aromatic heterocycles. The molecule has 8 heteroatoms. The first-order valence-corrected chi connectivity index (χ1v) is 10.2. The predicted molar refractivity (Wildman–Crippen MR) is 107 cm³/mol. The van der Waals surface area contributed by atoms with Crippen LogP contribution in [-0.2, 0) is 0 Å². The normalized spacial score (nSPS) is 12.2. The van der Waals surface area contributed by atoms with Crippen molar-refractivity contribution < 1.29 is 26.7 Å². The number of para-hydroxylation sites is 1. The van der Waals surface area contributed by atoms with E-state index in [9.17, 15) is 26.7 Å². The van der Waals surface area contributed by atoms with Crippen molar-refractivity contribution in [2.75, 3.05) is 36.0 Å². The van der Waals surface area contributed by atoms with Gasteiger partial charge in [0, 0.05) is 31.7 Å². The third-order valence-electron chi connectivity index (χ3n) is 4.53. The molecule has 0 radical (unpaired) electrons. The summed E-state index contributed by atoms with van der Waals surface area (Å²) in [5, 5.41) is 0. The summed E-state index contributed by atoms with van der Waals surface area (Å²) in [5.74, 6) is -7.64. The molecule has 0 aliphatic carbocycles. The Morgan fingerprint density at radius 2 is 1.24 bits per heavy atom. The average molecular weight is 422 g/mol. The number of carbonyl (C=O) groups is 1. The SMILES string of the molecule is CCCN(CCC)c1cccc(C(=O)C(F)(F)C(F)(F)F)c1N(CCC)CCC. The lowest BCUT2D eigenvalue weighted by Crippen LogP contribution is -2.45. The summed E-state index contributed by atoms with van der Waals surface area (Å²) in [6.45, 7) is 9.85. The Bertz CT molecular complexity index is 649. The quantitative estimate of drug-likeness (QED) is 0.291. The molecular formula is C21H31F5N2O. The Morgan fingerprint density at radius 1 is 0.793 bits per heavy atom. The molecule has 1 rings (SSSR count). The predicted octanol–water partition coefficient (Wildman–Crippen LogP) is 6.32. The Morgan fingerprint density at radius 3 is 1.66 bits per heavy atom. The van der Waals surface area contributed by atoms with E-state index in [0.717, 1.165) is 18.9 Å². The molecule has 29 heavy (non-hydrogen) atoms. The largest absolute Gasteiger partial charge is 0.461 e. The van der Waals surface area contributed by atoms with Crippen molar-refractivity contribution in [3.8, 4) is 0 Å². The summed E-state index contributed by atoms with van der Waals surface area (Å²) >= 11 is 0. The molecule has 1 aromatic carbocycles. The average Bonchev–Trinajstić information content (AvgIpc) is 2.65. The van der Waals surface area contributed by atoms with E-state index >= 15 is 0 Å². The first-order chi connectivity index (χ1) is 13.6. The summed E-state index contributed by atoms with van der Waals surface area (Å²) in [4.78, 5) is 16.1. The van der Waals surface area contributed by atoms with Gasteiger partial charge in [-0.3, -0.25) is 4.79 Å². The molecular weight excluding hydrogens is 391 g/mol. The highest BCUT2D eigenvalue weighted by atomic mass is 19.4. The van der Waals surface area contributed by atoms with Crippen LogP contribution in [0.1, 0.15) is 63.7 Å². The molecule has 0 saturated heterocycles. The zero-order chi connectivity index (χ0) is 22.2. The van der Waals surface area contributed by atoms with E-state index in [4.69, 9.17) is 0 Å². The monoisotopic (exact) mass is 422 g/mol. The third-order valence-corrected chi connectivity index (χ3v) is 4.53. The minimum atomic E-state index is -5.94. The maximum absolute atomic E-state index is 13.9. The van der Waals surface area contributed by atoms with Gasteiger partial charge in [0.15, 0.2) is 0 Å². The van der Waals surface area contributed by atoms with Crippen molar-refractivity contribution in [1.29, 1.82) is 0 Å². The van der Waals surface area contributed by atoms with Gasteiger partial charge < -0.3 is 9.80 Å². The molecule has 1 aromatic rings. The van der Waals surface area contributed by atoms with Crippen molar-refractivity contribution in [2.24, 2.45) is 0 Å². The number of nitrogens with zero attached hydrogens (tertiary/aromatic N) is 2. The van der Waals surface area contributed by atoms with E-state index in [1.54, 1.807) is 11.0 Å². The fourth-order valence-electron chi connectivity index (χ4n) is 3.37. The molecule has 0 N–H and O–H groups in total. The fraction of sp³-hybridized carbons (Fsp3) is 0.667. The summed E-state index contributed by atoms with van der Waals surface area (Å²) < 4.78 is 66.6. The number of halogens is 5. The Labute approximate surface area is 169 Å². The standard InChI is InChI=1S/C21H31F5N2O/c1-5-12-27(13-6-2)17-11-9-10-16(18(17)28(14-7-3)15-8-4)19(29)20(22,23)21(24,25)26/h9-11H,5-8,12-15H2,1-4H3. The smallest absolute Gasteiger partial charge is 0.370 e. The third kappa shape index (κ3) is 5.82. The van der Waals surface area contributed by atoms with Gasteiger partial charge in [-0.25, -0.2) is 0 Å². The van der Waals surface area contributed by atoms with Crippen molar-refractivity contribution in [1.82, 2.24) is 0 Å². The number of benzene rings is 1. The van der Waals surface area contributed by atoms with Crippen molar-refractivity contribution in [3.05, 3.63) is 23.8 Å².